The highest BCUT2D eigenvalue weighted by atomic mass is 35.5. The van der Waals surface area contributed by atoms with Gasteiger partial charge in [-0.05, 0) is 37.6 Å². The van der Waals surface area contributed by atoms with Crippen molar-refractivity contribution in [3.63, 3.8) is 0 Å². The Morgan fingerprint density at radius 2 is 2.11 bits per heavy atom. The van der Waals surface area contributed by atoms with E-state index in [2.05, 4.69) is 12.2 Å². The van der Waals surface area contributed by atoms with Crippen molar-refractivity contribution in [1.29, 1.82) is 0 Å². The summed E-state index contributed by atoms with van der Waals surface area (Å²) in [6, 6.07) is 5.88. The zero-order valence-electron chi connectivity index (χ0n) is 11.3. The fourth-order valence-electron chi connectivity index (χ4n) is 1.64. The smallest absolute Gasteiger partial charge is 0.123 e. The van der Waals surface area contributed by atoms with Crippen molar-refractivity contribution in [3.05, 3.63) is 28.8 Å². The van der Waals surface area contributed by atoms with Crippen molar-refractivity contribution < 1.29 is 9.47 Å². The van der Waals surface area contributed by atoms with Crippen molar-refractivity contribution >= 4 is 11.6 Å². The maximum Gasteiger partial charge on any atom is 0.123 e. The molecule has 0 aliphatic rings. The van der Waals surface area contributed by atoms with E-state index >= 15 is 0 Å². The van der Waals surface area contributed by atoms with Crippen LogP contribution >= 0.6 is 11.6 Å². The van der Waals surface area contributed by atoms with Gasteiger partial charge in [-0.15, -0.1) is 0 Å². The molecule has 1 N–H and O–H groups in total. The van der Waals surface area contributed by atoms with Crippen LogP contribution in [-0.4, -0.2) is 32.9 Å². The molecule has 0 aliphatic heterocycles. The topological polar surface area (TPSA) is 30.5 Å². The van der Waals surface area contributed by atoms with Gasteiger partial charge in [0.1, 0.15) is 12.4 Å². The number of hydrogen-bond acceptors (Lipinski definition) is 3. The Balaban J connectivity index is 2.52. The van der Waals surface area contributed by atoms with Gasteiger partial charge in [0.25, 0.3) is 0 Å². The van der Waals surface area contributed by atoms with Gasteiger partial charge in [-0.2, -0.15) is 0 Å². The molecule has 0 bridgehead atoms. The molecule has 1 rings (SSSR count). The molecule has 1 atom stereocenters. The molecule has 102 valence electrons. The first-order chi connectivity index (χ1) is 8.67. The molecule has 3 nitrogen and oxygen atoms in total. The monoisotopic (exact) mass is 271 g/mol. The number of halogens is 1. The third-order valence-corrected chi connectivity index (χ3v) is 2.88. The highest BCUT2D eigenvalue weighted by Gasteiger charge is 2.09. The summed E-state index contributed by atoms with van der Waals surface area (Å²) in [4.78, 5) is 0. The summed E-state index contributed by atoms with van der Waals surface area (Å²) >= 11 is 5.96. The molecule has 0 amide bonds. The van der Waals surface area contributed by atoms with E-state index in [-0.39, 0.29) is 6.04 Å². The summed E-state index contributed by atoms with van der Waals surface area (Å²) in [6.07, 6.45) is 1.09. The molecule has 4 heteroatoms. The molecule has 0 spiro atoms. The SMILES string of the molecule is CCCNC(COC)COc1cc(Cl)ccc1C. The van der Waals surface area contributed by atoms with Gasteiger partial charge in [0.15, 0.2) is 0 Å². The Bertz CT molecular complexity index is 358. The normalized spacial score (nSPS) is 12.4. The van der Waals surface area contributed by atoms with Gasteiger partial charge in [-0.1, -0.05) is 24.6 Å². The number of methoxy groups -OCH3 is 1. The van der Waals surface area contributed by atoms with Crippen LogP contribution in [0.3, 0.4) is 0 Å². The van der Waals surface area contributed by atoms with Crippen LogP contribution in [0.2, 0.25) is 5.02 Å². The van der Waals surface area contributed by atoms with Crippen molar-refractivity contribution in [2.75, 3.05) is 26.9 Å². The molecule has 18 heavy (non-hydrogen) atoms. The molecule has 1 aromatic carbocycles. The van der Waals surface area contributed by atoms with Crippen LogP contribution in [-0.2, 0) is 4.74 Å². The zero-order chi connectivity index (χ0) is 13.4. The van der Waals surface area contributed by atoms with Crippen molar-refractivity contribution in [1.82, 2.24) is 5.32 Å². The standard InChI is InChI=1S/C14H22ClNO2/c1-4-7-16-13(9-17-3)10-18-14-8-12(15)6-5-11(14)2/h5-6,8,13,16H,4,7,9-10H2,1-3H3. The first-order valence-corrected chi connectivity index (χ1v) is 6.66. The van der Waals surface area contributed by atoms with E-state index in [1.807, 2.05) is 25.1 Å². The molecular weight excluding hydrogens is 250 g/mol. The molecule has 1 aromatic rings. The summed E-state index contributed by atoms with van der Waals surface area (Å²) in [5.41, 5.74) is 1.09. The van der Waals surface area contributed by atoms with E-state index in [4.69, 9.17) is 21.1 Å². The second-order valence-corrected chi connectivity index (χ2v) is 4.76. The Labute approximate surface area is 114 Å². The number of aryl methyl sites for hydroxylation is 1. The lowest BCUT2D eigenvalue weighted by atomic mass is 10.2. The second kappa shape index (κ2) is 8.35. The van der Waals surface area contributed by atoms with Gasteiger partial charge in [0, 0.05) is 12.1 Å². The van der Waals surface area contributed by atoms with Crippen LogP contribution in [0.25, 0.3) is 0 Å². The van der Waals surface area contributed by atoms with E-state index in [1.54, 1.807) is 7.11 Å². The predicted molar refractivity (Wildman–Crippen MR) is 75.6 cm³/mol. The van der Waals surface area contributed by atoms with Gasteiger partial charge in [-0.3, -0.25) is 0 Å². The molecule has 0 radical (unpaired) electrons. The number of rotatable bonds is 8. The van der Waals surface area contributed by atoms with Gasteiger partial charge < -0.3 is 14.8 Å². The van der Waals surface area contributed by atoms with Gasteiger partial charge in [-0.25, -0.2) is 0 Å². The Morgan fingerprint density at radius 3 is 2.78 bits per heavy atom. The van der Waals surface area contributed by atoms with Crippen LogP contribution < -0.4 is 10.1 Å². The van der Waals surface area contributed by atoms with E-state index in [1.165, 1.54) is 0 Å². The molecule has 0 saturated carbocycles. The van der Waals surface area contributed by atoms with Crippen molar-refractivity contribution in [3.8, 4) is 5.75 Å². The molecular formula is C14H22ClNO2. The first-order valence-electron chi connectivity index (χ1n) is 6.28. The summed E-state index contributed by atoms with van der Waals surface area (Å²) in [5.74, 6) is 0.835. The second-order valence-electron chi connectivity index (χ2n) is 4.33. The van der Waals surface area contributed by atoms with Crippen LogP contribution in [0.5, 0.6) is 5.75 Å². The van der Waals surface area contributed by atoms with Crippen LogP contribution in [0.1, 0.15) is 18.9 Å². The lowest BCUT2D eigenvalue weighted by Gasteiger charge is -2.19. The molecule has 0 saturated heterocycles. The van der Waals surface area contributed by atoms with Crippen molar-refractivity contribution in [2.24, 2.45) is 0 Å². The number of hydrogen-bond donors (Lipinski definition) is 1. The van der Waals surface area contributed by atoms with Crippen molar-refractivity contribution in [2.45, 2.75) is 26.3 Å². The predicted octanol–water partition coefficient (Wildman–Crippen LogP) is 3.04. The number of nitrogens with one attached hydrogen (secondary N) is 1. The molecule has 0 fully saturated rings. The fraction of sp³-hybridized carbons (Fsp3) is 0.571. The van der Waals surface area contributed by atoms with Crippen LogP contribution in [0.4, 0.5) is 0 Å². The summed E-state index contributed by atoms with van der Waals surface area (Å²) in [6.45, 7) is 6.33. The average molecular weight is 272 g/mol. The molecule has 0 heterocycles. The summed E-state index contributed by atoms with van der Waals surface area (Å²) < 4.78 is 11.0. The minimum Gasteiger partial charge on any atom is -0.492 e. The Kier molecular flexibility index (Phi) is 7.09. The minimum absolute atomic E-state index is 0.202. The first kappa shape index (κ1) is 15.3. The van der Waals surface area contributed by atoms with E-state index in [0.717, 1.165) is 24.3 Å². The largest absolute Gasteiger partial charge is 0.492 e. The number of benzene rings is 1. The Morgan fingerprint density at radius 1 is 1.33 bits per heavy atom. The van der Waals surface area contributed by atoms with Crippen LogP contribution in [0, 0.1) is 6.92 Å². The minimum atomic E-state index is 0.202. The highest BCUT2D eigenvalue weighted by molar-refractivity contribution is 6.30. The van der Waals surface area contributed by atoms with Crippen LogP contribution in [0.15, 0.2) is 18.2 Å². The zero-order valence-corrected chi connectivity index (χ0v) is 12.1. The van der Waals surface area contributed by atoms with Gasteiger partial charge in [0.2, 0.25) is 0 Å². The van der Waals surface area contributed by atoms with Gasteiger partial charge in [0.05, 0.1) is 12.6 Å². The molecule has 0 aliphatic carbocycles. The summed E-state index contributed by atoms with van der Waals surface area (Å²) in [5, 5.41) is 4.09. The average Bonchev–Trinajstić information content (AvgIpc) is 2.36. The third kappa shape index (κ3) is 5.25. The van der Waals surface area contributed by atoms with Gasteiger partial charge >= 0.3 is 0 Å². The quantitative estimate of drug-likeness (QED) is 0.788. The Hall–Kier alpha value is -0.770. The maximum absolute atomic E-state index is 5.96. The lowest BCUT2D eigenvalue weighted by molar-refractivity contribution is 0.136. The highest BCUT2D eigenvalue weighted by Crippen LogP contribution is 2.22. The van der Waals surface area contributed by atoms with E-state index < -0.39 is 0 Å². The maximum atomic E-state index is 5.96. The fourth-order valence-corrected chi connectivity index (χ4v) is 1.80. The van der Waals surface area contributed by atoms with E-state index in [9.17, 15) is 0 Å². The molecule has 1 unspecified atom stereocenters. The van der Waals surface area contributed by atoms with E-state index in [0.29, 0.717) is 18.2 Å². The third-order valence-electron chi connectivity index (χ3n) is 2.64. The lowest BCUT2D eigenvalue weighted by Crippen LogP contribution is -2.38. The molecule has 0 aromatic heterocycles. The summed E-state index contributed by atoms with van der Waals surface area (Å²) in [7, 11) is 1.70. The number of ether oxygens (including phenoxy) is 2.